The number of ether oxygens (including phenoxy) is 1. The normalized spacial score (nSPS) is 11.0. The van der Waals surface area contributed by atoms with Crippen molar-refractivity contribution in [3.05, 3.63) is 29.3 Å². The highest BCUT2D eigenvalue weighted by atomic mass is 19.1. The lowest BCUT2D eigenvalue weighted by Crippen LogP contribution is -2.45. The Hall–Kier alpha value is -2.18. The minimum Gasteiger partial charge on any atom is -0.465 e. The molecule has 1 amide bonds. The Morgan fingerprint density at radius 2 is 1.86 bits per heavy atom. The van der Waals surface area contributed by atoms with Crippen LogP contribution in [0.2, 0.25) is 0 Å². The molecule has 0 radical (unpaired) electrons. The maximum atomic E-state index is 13.7. The van der Waals surface area contributed by atoms with Gasteiger partial charge in [-0.05, 0) is 26.3 Å². The van der Waals surface area contributed by atoms with Gasteiger partial charge in [0, 0.05) is 11.6 Å². The van der Waals surface area contributed by atoms with E-state index in [1.807, 2.05) is 20.8 Å². The monoisotopic (exact) mass is 314 g/mol. The third kappa shape index (κ3) is 4.68. The predicted molar refractivity (Wildman–Crippen MR) is 78.7 cm³/mol. The number of hydrogen-bond donors (Lipinski definition) is 2. The number of benzene rings is 1. The van der Waals surface area contributed by atoms with Crippen LogP contribution in [0.25, 0.3) is 0 Å². The van der Waals surface area contributed by atoms with Crippen LogP contribution < -0.4 is 10.6 Å². The van der Waals surface area contributed by atoms with E-state index < -0.39 is 23.2 Å². The Balaban J connectivity index is 2.82. The average molecular weight is 314 g/mol. The average Bonchev–Trinajstić information content (AvgIpc) is 2.45. The summed E-state index contributed by atoms with van der Waals surface area (Å²) in [7, 11) is 1.10. The maximum absolute atomic E-state index is 13.7. The van der Waals surface area contributed by atoms with E-state index >= 15 is 0 Å². The lowest BCUT2D eigenvalue weighted by Gasteiger charge is -2.24. The number of nitrogens with one attached hydrogen (secondary N) is 2. The van der Waals surface area contributed by atoms with Gasteiger partial charge in [0.25, 0.3) is 0 Å². The predicted octanol–water partition coefficient (Wildman–Crippen LogP) is 2.47. The van der Waals surface area contributed by atoms with Crippen LogP contribution >= 0.6 is 0 Å². The highest BCUT2D eigenvalue weighted by Gasteiger charge is 2.19. The second-order valence-electron chi connectivity index (χ2n) is 5.44. The van der Waals surface area contributed by atoms with Gasteiger partial charge in [-0.15, -0.1) is 0 Å². The van der Waals surface area contributed by atoms with Crippen molar-refractivity contribution < 1.29 is 23.1 Å². The number of esters is 1. The van der Waals surface area contributed by atoms with Gasteiger partial charge in [0.15, 0.2) is 0 Å². The minimum absolute atomic E-state index is 0.147. The Kier molecular flexibility index (Phi) is 5.84. The molecule has 1 aromatic rings. The van der Waals surface area contributed by atoms with Crippen molar-refractivity contribution in [2.75, 3.05) is 19.0 Å². The quantitative estimate of drug-likeness (QED) is 0.792. The molecule has 0 saturated carbocycles. The maximum Gasteiger partial charge on any atom is 0.340 e. The number of anilines is 1. The van der Waals surface area contributed by atoms with Crippen molar-refractivity contribution in [3.63, 3.8) is 0 Å². The molecule has 0 atom stereocenters. The molecule has 0 aliphatic carbocycles. The summed E-state index contributed by atoms with van der Waals surface area (Å²) in [5.74, 6) is -3.17. The van der Waals surface area contributed by atoms with Crippen molar-refractivity contribution in [2.45, 2.75) is 32.7 Å². The van der Waals surface area contributed by atoms with Gasteiger partial charge in [-0.1, -0.05) is 6.92 Å². The summed E-state index contributed by atoms with van der Waals surface area (Å²) < 4.78 is 31.6. The molecule has 0 heterocycles. The van der Waals surface area contributed by atoms with Crippen LogP contribution in [0.4, 0.5) is 14.5 Å². The van der Waals surface area contributed by atoms with Crippen LogP contribution in [-0.4, -0.2) is 31.1 Å². The second kappa shape index (κ2) is 7.20. The fourth-order valence-corrected chi connectivity index (χ4v) is 1.64. The summed E-state index contributed by atoms with van der Waals surface area (Å²) in [6, 6.07) is 1.55. The minimum atomic E-state index is -1.02. The first-order chi connectivity index (χ1) is 10.2. The molecule has 22 heavy (non-hydrogen) atoms. The number of halogens is 2. The van der Waals surface area contributed by atoms with Crippen LogP contribution in [0, 0.1) is 11.6 Å². The summed E-state index contributed by atoms with van der Waals surface area (Å²) in [6.45, 7) is 5.44. The van der Waals surface area contributed by atoms with Crippen LogP contribution in [0.1, 0.15) is 37.6 Å². The van der Waals surface area contributed by atoms with E-state index in [1.165, 1.54) is 0 Å². The highest BCUT2D eigenvalue weighted by Crippen LogP contribution is 2.20. The van der Waals surface area contributed by atoms with Gasteiger partial charge < -0.3 is 15.4 Å². The number of carbonyl (C=O) groups is 2. The zero-order chi connectivity index (χ0) is 16.9. The molecule has 122 valence electrons. The number of hydrogen-bond acceptors (Lipinski definition) is 4. The van der Waals surface area contributed by atoms with E-state index in [2.05, 4.69) is 15.4 Å². The number of carbonyl (C=O) groups excluding carboxylic acids is 2. The zero-order valence-corrected chi connectivity index (χ0v) is 13.0. The summed E-state index contributed by atoms with van der Waals surface area (Å²) in [5.41, 5.74) is -0.927. The summed E-state index contributed by atoms with van der Waals surface area (Å²) in [5, 5.41) is 5.31. The first kappa shape index (κ1) is 17.9. The summed E-state index contributed by atoms with van der Waals surface area (Å²) in [6.07, 6.45) is 0.732. The highest BCUT2D eigenvalue weighted by molar-refractivity contribution is 5.91. The molecule has 7 heteroatoms. The third-order valence-electron chi connectivity index (χ3n) is 3.26. The fraction of sp³-hybridized carbons (Fsp3) is 0.467. The number of rotatable bonds is 6. The van der Waals surface area contributed by atoms with E-state index in [0.717, 1.165) is 19.6 Å². The largest absolute Gasteiger partial charge is 0.465 e. The van der Waals surface area contributed by atoms with Gasteiger partial charge in [0.2, 0.25) is 5.91 Å². The number of methoxy groups -OCH3 is 1. The topological polar surface area (TPSA) is 67.4 Å². The lowest BCUT2D eigenvalue weighted by molar-refractivity contribution is -0.121. The van der Waals surface area contributed by atoms with E-state index in [4.69, 9.17) is 0 Å². The molecule has 2 N–H and O–H groups in total. The molecule has 1 rings (SSSR count). The van der Waals surface area contributed by atoms with Gasteiger partial charge >= 0.3 is 5.97 Å². The standard InChI is InChI=1S/C15H20F2N2O3/c1-5-15(2,3)19-13(20)8-18-12-6-9(14(21)22-4)10(16)7-11(12)17/h6-7,18H,5,8H2,1-4H3,(H,19,20). The van der Waals surface area contributed by atoms with E-state index in [-0.39, 0.29) is 23.7 Å². The van der Waals surface area contributed by atoms with Gasteiger partial charge in [0.05, 0.1) is 24.9 Å². The lowest BCUT2D eigenvalue weighted by atomic mass is 10.0. The Bertz CT molecular complexity index is 574. The van der Waals surface area contributed by atoms with Crippen LogP contribution in [0.3, 0.4) is 0 Å². The number of amides is 1. The zero-order valence-electron chi connectivity index (χ0n) is 13.0. The van der Waals surface area contributed by atoms with Crippen molar-refractivity contribution in [3.8, 4) is 0 Å². The first-order valence-corrected chi connectivity index (χ1v) is 6.82. The van der Waals surface area contributed by atoms with E-state index in [1.54, 1.807) is 0 Å². The summed E-state index contributed by atoms with van der Waals surface area (Å²) >= 11 is 0. The molecule has 0 unspecified atom stereocenters. The molecule has 5 nitrogen and oxygen atoms in total. The van der Waals surface area contributed by atoms with Crippen LogP contribution in [-0.2, 0) is 9.53 Å². The molecule has 0 aromatic heterocycles. The fourth-order valence-electron chi connectivity index (χ4n) is 1.64. The van der Waals surface area contributed by atoms with Gasteiger partial charge in [-0.3, -0.25) is 4.79 Å². The molecular formula is C15H20F2N2O3. The molecule has 0 fully saturated rings. The van der Waals surface area contributed by atoms with Crippen molar-refractivity contribution in [1.29, 1.82) is 0 Å². The van der Waals surface area contributed by atoms with Gasteiger partial charge in [-0.25, -0.2) is 13.6 Å². The van der Waals surface area contributed by atoms with Crippen LogP contribution in [0.15, 0.2) is 12.1 Å². The third-order valence-corrected chi connectivity index (χ3v) is 3.26. The Labute approximate surface area is 128 Å². The van der Waals surface area contributed by atoms with Crippen molar-refractivity contribution >= 4 is 17.6 Å². The van der Waals surface area contributed by atoms with Crippen LogP contribution in [0.5, 0.6) is 0 Å². The summed E-state index contributed by atoms with van der Waals surface area (Å²) in [4.78, 5) is 23.2. The SMILES string of the molecule is CCC(C)(C)NC(=O)CNc1cc(C(=O)OC)c(F)cc1F. The van der Waals surface area contributed by atoms with Crippen molar-refractivity contribution in [2.24, 2.45) is 0 Å². The first-order valence-electron chi connectivity index (χ1n) is 6.82. The molecule has 0 aliphatic heterocycles. The molecule has 0 aliphatic rings. The van der Waals surface area contributed by atoms with Gasteiger partial charge in [-0.2, -0.15) is 0 Å². The van der Waals surface area contributed by atoms with Gasteiger partial charge in [0.1, 0.15) is 11.6 Å². The second-order valence-corrected chi connectivity index (χ2v) is 5.44. The van der Waals surface area contributed by atoms with E-state index in [9.17, 15) is 18.4 Å². The Morgan fingerprint density at radius 1 is 1.23 bits per heavy atom. The van der Waals surface area contributed by atoms with E-state index in [0.29, 0.717) is 6.07 Å². The molecule has 0 bridgehead atoms. The Morgan fingerprint density at radius 3 is 2.41 bits per heavy atom. The van der Waals surface area contributed by atoms with Crippen molar-refractivity contribution in [1.82, 2.24) is 5.32 Å². The molecular weight excluding hydrogens is 294 g/mol. The smallest absolute Gasteiger partial charge is 0.340 e. The molecule has 1 aromatic carbocycles. The molecule has 0 spiro atoms. The molecule has 0 saturated heterocycles.